The van der Waals surface area contributed by atoms with E-state index >= 15 is 0 Å². The Bertz CT molecular complexity index is 69.8. The van der Waals surface area contributed by atoms with Gasteiger partial charge in [0.1, 0.15) is 0 Å². The third-order valence-corrected chi connectivity index (χ3v) is 0.375. The normalized spacial score (nSPS) is 7.33. The highest BCUT2D eigenvalue weighted by molar-refractivity contribution is 5.15. The molecule has 1 radical (unpaired) electrons. The zero-order valence-corrected chi connectivity index (χ0v) is 4.50. The van der Waals surface area contributed by atoms with Crippen molar-refractivity contribution in [3.05, 3.63) is 5.92 Å². The first kappa shape index (κ1) is 5.56. The molecule has 33 valence electrons. The third-order valence-electron chi connectivity index (χ3n) is 0.375. The standard InChI is InChI=1S/C6H9/c1-4-5-6(2)3/h1-3H3. The maximum Gasteiger partial charge on any atom is 0.0418 e. The van der Waals surface area contributed by atoms with E-state index in [0.717, 1.165) is 0 Å². The molecule has 0 saturated heterocycles. The Morgan fingerprint density at radius 2 is 1.83 bits per heavy atom. The lowest BCUT2D eigenvalue weighted by molar-refractivity contribution is 1.25. The van der Waals surface area contributed by atoms with Crippen LogP contribution in [0.5, 0.6) is 0 Å². The van der Waals surface area contributed by atoms with Crippen molar-refractivity contribution in [1.82, 2.24) is 0 Å². The van der Waals surface area contributed by atoms with Crippen LogP contribution < -0.4 is 0 Å². The van der Waals surface area contributed by atoms with E-state index in [1.807, 2.05) is 20.8 Å². The van der Waals surface area contributed by atoms with E-state index in [9.17, 15) is 0 Å². The summed E-state index contributed by atoms with van der Waals surface area (Å²) in [7, 11) is 0. The van der Waals surface area contributed by atoms with Crippen molar-refractivity contribution in [2.24, 2.45) is 0 Å². The van der Waals surface area contributed by atoms with Crippen LogP contribution >= 0.6 is 0 Å². The van der Waals surface area contributed by atoms with Gasteiger partial charge in [0.25, 0.3) is 0 Å². The van der Waals surface area contributed by atoms with E-state index in [2.05, 4.69) is 11.8 Å². The zero-order chi connectivity index (χ0) is 4.99. The lowest BCUT2D eigenvalue weighted by Gasteiger charge is -1.80. The molecule has 0 aliphatic heterocycles. The summed E-state index contributed by atoms with van der Waals surface area (Å²) in [5, 5.41) is 0. The highest BCUT2D eigenvalue weighted by atomic mass is 13.8. The predicted octanol–water partition coefficient (Wildman–Crippen LogP) is 1.62. The van der Waals surface area contributed by atoms with Gasteiger partial charge in [0.2, 0.25) is 0 Å². The van der Waals surface area contributed by atoms with E-state index in [4.69, 9.17) is 0 Å². The molecule has 0 amide bonds. The Morgan fingerprint density at radius 1 is 1.33 bits per heavy atom. The van der Waals surface area contributed by atoms with E-state index in [0.29, 0.717) is 0 Å². The summed E-state index contributed by atoms with van der Waals surface area (Å²) in [6, 6.07) is 0. The van der Waals surface area contributed by atoms with Gasteiger partial charge in [-0.3, -0.25) is 0 Å². The van der Waals surface area contributed by atoms with Gasteiger partial charge in [-0.05, 0) is 20.8 Å². The molecule has 0 saturated carbocycles. The fraction of sp³-hybridized carbons (Fsp3) is 0.500. The van der Waals surface area contributed by atoms with Gasteiger partial charge in [0, 0.05) is 5.92 Å². The Hall–Kier alpha value is -0.440. The summed E-state index contributed by atoms with van der Waals surface area (Å²) >= 11 is 0. The third kappa shape index (κ3) is 3.56. The molecule has 0 rings (SSSR count). The largest absolute Gasteiger partial charge is 0.106 e. The molecule has 0 aliphatic rings. The van der Waals surface area contributed by atoms with Crippen LogP contribution in [0, 0.1) is 17.8 Å². The van der Waals surface area contributed by atoms with E-state index < -0.39 is 0 Å². The van der Waals surface area contributed by atoms with Crippen LogP contribution in [0.15, 0.2) is 0 Å². The molecule has 0 aromatic carbocycles. The van der Waals surface area contributed by atoms with Gasteiger partial charge in [-0.1, -0.05) is 5.92 Å². The van der Waals surface area contributed by atoms with E-state index in [1.54, 1.807) is 0 Å². The van der Waals surface area contributed by atoms with Crippen LogP contribution in [0.25, 0.3) is 0 Å². The SMILES string of the molecule is CC#C[C](C)C. The Kier molecular flexibility index (Phi) is 2.58. The molecule has 0 nitrogen and oxygen atoms in total. The van der Waals surface area contributed by atoms with Crippen LogP contribution in [-0.2, 0) is 0 Å². The molecular formula is C6H9. The minimum Gasteiger partial charge on any atom is -0.106 e. The van der Waals surface area contributed by atoms with Gasteiger partial charge < -0.3 is 0 Å². The fourth-order valence-electron chi connectivity index (χ4n) is 0.250. The summed E-state index contributed by atoms with van der Waals surface area (Å²) in [6.45, 7) is 5.83. The van der Waals surface area contributed by atoms with Crippen LogP contribution in [-0.4, -0.2) is 0 Å². The van der Waals surface area contributed by atoms with Gasteiger partial charge in [-0.15, -0.1) is 5.92 Å². The van der Waals surface area contributed by atoms with Crippen molar-refractivity contribution in [3.8, 4) is 11.8 Å². The molecule has 0 spiro atoms. The minimum absolute atomic E-state index is 1.18. The highest BCUT2D eigenvalue weighted by Crippen LogP contribution is 1.87. The molecular weight excluding hydrogens is 72.1 g/mol. The van der Waals surface area contributed by atoms with Crippen LogP contribution in [0.3, 0.4) is 0 Å². The Balaban J connectivity index is 3.20. The van der Waals surface area contributed by atoms with Crippen molar-refractivity contribution in [1.29, 1.82) is 0 Å². The smallest absolute Gasteiger partial charge is 0.0418 e. The average Bonchev–Trinajstić information content (AvgIpc) is 1.35. The van der Waals surface area contributed by atoms with Crippen molar-refractivity contribution in [2.75, 3.05) is 0 Å². The molecule has 0 atom stereocenters. The molecule has 0 aromatic heterocycles. The first-order valence-electron chi connectivity index (χ1n) is 2.00. The van der Waals surface area contributed by atoms with Crippen molar-refractivity contribution < 1.29 is 0 Å². The first-order chi connectivity index (χ1) is 2.77. The molecule has 0 heterocycles. The highest BCUT2D eigenvalue weighted by Gasteiger charge is 1.77. The van der Waals surface area contributed by atoms with Gasteiger partial charge >= 0.3 is 0 Å². The molecule has 6 heavy (non-hydrogen) atoms. The molecule has 0 N–H and O–H groups in total. The molecule has 0 aromatic rings. The second-order valence-electron chi connectivity index (χ2n) is 1.38. The van der Waals surface area contributed by atoms with Crippen molar-refractivity contribution in [2.45, 2.75) is 20.8 Å². The molecule has 0 aliphatic carbocycles. The minimum atomic E-state index is 1.18. The lowest BCUT2D eigenvalue weighted by atomic mass is 10.2. The second kappa shape index (κ2) is 2.78. The zero-order valence-electron chi connectivity index (χ0n) is 4.50. The van der Waals surface area contributed by atoms with Crippen molar-refractivity contribution in [3.63, 3.8) is 0 Å². The quantitative estimate of drug-likeness (QED) is 0.389. The second-order valence-corrected chi connectivity index (χ2v) is 1.38. The van der Waals surface area contributed by atoms with Gasteiger partial charge in [0.15, 0.2) is 0 Å². The summed E-state index contributed by atoms with van der Waals surface area (Å²) in [5.41, 5.74) is 0. The number of hydrogen-bond acceptors (Lipinski definition) is 0. The molecule has 0 unspecified atom stereocenters. The monoisotopic (exact) mass is 81.1 g/mol. The average molecular weight is 81.1 g/mol. The molecule has 0 heteroatoms. The van der Waals surface area contributed by atoms with Crippen LogP contribution in [0.1, 0.15) is 20.8 Å². The van der Waals surface area contributed by atoms with Gasteiger partial charge in [0.05, 0.1) is 0 Å². The lowest BCUT2D eigenvalue weighted by Crippen LogP contribution is -1.70. The van der Waals surface area contributed by atoms with Crippen molar-refractivity contribution >= 4 is 0 Å². The first-order valence-corrected chi connectivity index (χ1v) is 2.00. The predicted molar refractivity (Wildman–Crippen MR) is 28.0 cm³/mol. The summed E-state index contributed by atoms with van der Waals surface area (Å²) in [4.78, 5) is 0. The number of rotatable bonds is 0. The van der Waals surface area contributed by atoms with Gasteiger partial charge in [-0.2, -0.15) is 0 Å². The maximum absolute atomic E-state index is 2.88. The number of hydrogen-bond donors (Lipinski definition) is 0. The Labute approximate surface area is 39.6 Å². The fourth-order valence-corrected chi connectivity index (χ4v) is 0.250. The topological polar surface area (TPSA) is 0 Å². The summed E-state index contributed by atoms with van der Waals surface area (Å²) in [5.74, 6) is 6.83. The van der Waals surface area contributed by atoms with Gasteiger partial charge in [-0.25, -0.2) is 0 Å². The summed E-state index contributed by atoms with van der Waals surface area (Å²) in [6.07, 6.45) is 0. The van der Waals surface area contributed by atoms with Crippen LogP contribution in [0.2, 0.25) is 0 Å². The van der Waals surface area contributed by atoms with Crippen LogP contribution in [0.4, 0.5) is 0 Å². The summed E-state index contributed by atoms with van der Waals surface area (Å²) < 4.78 is 0. The molecule has 0 fully saturated rings. The molecule has 0 bridgehead atoms. The maximum atomic E-state index is 2.88. The van der Waals surface area contributed by atoms with E-state index in [1.165, 1.54) is 5.92 Å². The Morgan fingerprint density at radius 3 is 1.83 bits per heavy atom. The van der Waals surface area contributed by atoms with E-state index in [-0.39, 0.29) is 0 Å².